The lowest BCUT2D eigenvalue weighted by Crippen LogP contribution is -2.20. The number of carbonyl (C=O) groups is 2. The van der Waals surface area contributed by atoms with Gasteiger partial charge in [-0.2, -0.15) is 0 Å². The lowest BCUT2D eigenvalue weighted by Gasteiger charge is -2.06. The Bertz CT molecular complexity index is 196. The highest BCUT2D eigenvalue weighted by molar-refractivity contribution is 6.29. The van der Waals surface area contributed by atoms with E-state index in [-0.39, 0.29) is 5.88 Å². The van der Waals surface area contributed by atoms with Crippen molar-refractivity contribution in [1.29, 1.82) is 0 Å². The van der Waals surface area contributed by atoms with Crippen molar-refractivity contribution >= 4 is 35.1 Å². The minimum Gasteiger partial charge on any atom is -0.246 e. The molecule has 0 radical (unpaired) electrons. The maximum absolute atomic E-state index is 11.0. The number of alkyl halides is 2. The molecular formula is C8H12Cl2O4. The van der Waals surface area contributed by atoms with Crippen molar-refractivity contribution in [3.8, 4) is 0 Å². The van der Waals surface area contributed by atoms with Gasteiger partial charge in [0.05, 0.1) is 0 Å². The van der Waals surface area contributed by atoms with Crippen LogP contribution >= 0.6 is 23.2 Å². The van der Waals surface area contributed by atoms with Crippen molar-refractivity contribution in [1.82, 2.24) is 0 Å². The lowest BCUT2D eigenvalue weighted by atomic mass is 10.2. The first-order valence-corrected chi connectivity index (χ1v) is 5.20. The monoisotopic (exact) mass is 242 g/mol. The van der Waals surface area contributed by atoms with Crippen molar-refractivity contribution in [2.75, 3.05) is 5.88 Å². The topological polar surface area (TPSA) is 52.6 Å². The minimum atomic E-state index is -0.820. The van der Waals surface area contributed by atoms with Crippen LogP contribution in [0.3, 0.4) is 0 Å². The van der Waals surface area contributed by atoms with Gasteiger partial charge in [0.2, 0.25) is 0 Å². The van der Waals surface area contributed by atoms with Crippen LogP contribution in [0.4, 0.5) is 0 Å². The molecule has 0 aromatic carbocycles. The first-order valence-electron chi connectivity index (χ1n) is 4.23. The second-order valence-corrected chi connectivity index (χ2v) is 3.40. The molecule has 0 spiro atoms. The van der Waals surface area contributed by atoms with E-state index >= 15 is 0 Å². The van der Waals surface area contributed by atoms with E-state index in [0.717, 1.165) is 12.8 Å². The van der Waals surface area contributed by atoms with E-state index in [1.165, 1.54) is 0 Å². The summed E-state index contributed by atoms with van der Waals surface area (Å²) in [6.45, 7) is 1.97. The maximum atomic E-state index is 11.0. The first kappa shape index (κ1) is 13.5. The average Bonchev–Trinajstić information content (AvgIpc) is 2.21. The lowest BCUT2D eigenvalue weighted by molar-refractivity contribution is -0.256. The molecule has 0 aliphatic heterocycles. The first-order chi connectivity index (χ1) is 6.61. The highest BCUT2D eigenvalue weighted by Gasteiger charge is 2.19. The van der Waals surface area contributed by atoms with Gasteiger partial charge in [0.25, 0.3) is 0 Å². The van der Waals surface area contributed by atoms with Crippen molar-refractivity contribution in [2.24, 2.45) is 0 Å². The molecule has 0 fully saturated rings. The summed E-state index contributed by atoms with van der Waals surface area (Å²) < 4.78 is 0. The van der Waals surface area contributed by atoms with E-state index in [9.17, 15) is 9.59 Å². The van der Waals surface area contributed by atoms with Crippen LogP contribution in [0.15, 0.2) is 0 Å². The second kappa shape index (κ2) is 7.88. The fourth-order valence-corrected chi connectivity index (χ4v) is 0.898. The molecule has 0 rings (SSSR count). The van der Waals surface area contributed by atoms with Crippen LogP contribution in [0.5, 0.6) is 0 Å². The number of hydrogen-bond donors (Lipinski definition) is 0. The predicted molar refractivity (Wildman–Crippen MR) is 52.1 cm³/mol. The molecule has 0 bridgehead atoms. The molecule has 4 nitrogen and oxygen atoms in total. The molecule has 0 saturated heterocycles. The summed E-state index contributed by atoms with van der Waals surface area (Å²) in [5.41, 5.74) is 0. The molecule has 0 amide bonds. The zero-order chi connectivity index (χ0) is 11.0. The molecule has 82 valence electrons. The zero-order valence-electron chi connectivity index (χ0n) is 7.79. The molecular weight excluding hydrogens is 231 g/mol. The summed E-state index contributed by atoms with van der Waals surface area (Å²) in [5, 5.41) is -0.780. The smallest absolute Gasteiger partial charge is 0.246 e. The van der Waals surface area contributed by atoms with Crippen molar-refractivity contribution in [3.63, 3.8) is 0 Å². The molecule has 0 aliphatic carbocycles. The minimum absolute atomic E-state index is 0.366. The molecule has 6 heteroatoms. The van der Waals surface area contributed by atoms with E-state index in [1.807, 2.05) is 6.92 Å². The van der Waals surface area contributed by atoms with Gasteiger partial charge >= 0.3 is 11.9 Å². The van der Waals surface area contributed by atoms with Gasteiger partial charge in [-0.25, -0.2) is 19.4 Å². The van der Waals surface area contributed by atoms with Crippen molar-refractivity contribution in [3.05, 3.63) is 0 Å². The van der Waals surface area contributed by atoms with Gasteiger partial charge in [0.15, 0.2) is 0 Å². The number of carbonyl (C=O) groups excluding carboxylic acids is 2. The van der Waals surface area contributed by atoms with E-state index in [4.69, 9.17) is 23.2 Å². The van der Waals surface area contributed by atoms with Crippen LogP contribution in [0.1, 0.15) is 26.2 Å². The van der Waals surface area contributed by atoms with Crippen molar-refractivity contribution in [2.45, 2.75) is 31.6 Å². The van der Waals surface area contributed by atoms with Gasteiger partial charge in [-0.3, -0.25) is 0 Å². The SMILES string of the molecule is CCCCC(Cl)C(=O)OOC(=O)CCl. The predicted octanol–water partition coefficient (Wildman–Crippen LogP) is 2.02. The Morgan fingerprint density at radius 1 is 1.36 bits per heavy atom. The van der Waals surface area contributed by atoms with Crippen LogP contribution in [0.2, 0.25) is 0 Å². The molecule has 0 aliphatic rings. The summed E-state index contributed by atoms with van der Waals surface area (Å²) in [6.07, 6.45) is 2.24. The fourth-order valence-electron chi connectivity index (χ4n) is 0.663. The molecule has 0 aromatic heterocycles. The standard InChI is InChI=1S/C8H12Cl2O4/c1-2-3-4-6(10)8(12)14-13-7(11)5-9/h6H,2-5H2,1H3. The second-order valence-electron chi connectivity index (χ2n) is 2.60. The largest absolute Gasteiger partial charge is 0.373 e. The van der Waals surface area contributed by atoms with Crippen LogP contribution < -0.4 is 0 Å². The normalized spacial score (nSPS) is 11.9. The third kappa shape index (κ3) is 6.05. The average molecular weight is 243 g/mol. The van der Waals surface area contributed by atoms with Crippen molar-refractivity contribution < 1.29 is 19.4 Å². The van der Waals surface area contributed by atoms with Gasteiger partial charge in [0, 0.05) is 0 Å². The Labute approximate surface area is 92.4 Å². The quantitative estimate of drug-likeness (QED) is 0.421. The Balaban J connectivity index is 3.67. The molecule has 14 heavy (non-hydrogen) atoms. The van der Waals surface area contributed by atoms with Crippen LogP contribution in [0, 0.1) is 0 Å². The fraction of sp³-hybridized carbons (Fsp3) is 0.750. The maximum Gasteiger partial charge on any atom is 0.373 e. The summed E-state index contributed by atoms with van der Waals surface area (Å²) in [7, 11) is 0. The van der Waals surface area contributed by atoms with E-state index < -0.39 is 17.3 Å². The Kier molecular flexibility index (Phi) is 7.61. The molecule has 0 N–H and O–H groups in total. The third-order valence-corrected chi connectivity index (χ3v) is 2.01. The summed E-state index contributed by atoms with van der Waals surface area (Å²) in [6, 6.07) is 0. The summed E-state index contributed by atoms with van der Waals surface area (Å²) >= 11 is 10.7. The van der Waals surface area contributed by atoms with E-state index in [2.05, 4.69) is 9.78 Å². The molecule has 0 saturated carbocycles. The Hall–Kier alpha value is -0.480. The summed E-state index contributed by atoms with van der Waals surface area (Å²) in [4.78, 5) is 29.7. The highest BCUT2D eigenvalue weighted by atomic mass is 35.5. The zero-order valence-corrected chi connectivity index (χ0v) is 9.31. The van der Waals surface area contributed by atoms with Crippen LogP contribution in [-0.4, -0.2) is 23.2 Å². The van der Waals surface area contributed by atoms with Gasteiger partial charge in [-0.1, -0.05) is 19.8 Å². The van der Waals surface area contributed by atoms with Crippen LogP contribution in [0.25, 0.3) is 0 Å². The van der Waals surface area contributed by atoms with Gasteiger partial charge in [-0.05, 0) is 6.42 Å². The third-order valence-electron chi connectivity index (χ3n) is 1.39. The molecule has 1 unspecified atom stereocenters. The van der Waals surface area contributed by atoms with E-state index in [1.54, 1.807) is 0 Å². The summed E-state index contributed by atoms with van der Waals surface area (Å²) in [5.74, 6) is -1.95. The number of halogens is 2. The highest BCUT2D eigenvalue weighted by Crippen LogP contribution is 2.09. The van der Waals surface area contributed by atoms with Crippen LogP contribution in [-0.2, 0) is 19.4 Å². The van der Waals surface area contributed by atoms with E-state index in [0.29, 0.717) is 6.42 Å². The molecule has 0 heterocycles. The van der Waals surface area contributed by atoms with Gasteiger partial charge < -0.3 is 0 Å². The molecule has 0 aromatic rings. The number of rotatable bonds is 5. The van der Waals surface area contributed by atoms with Gasteiger partial charge in [0.1, 0.15) is 11.3 Å². The Morgan fingerprint density at radius 3 is 2.50 bits per heavy atom. The molecule has 1 atom stereocenters. The number of hydrogen-bond acceptors (Lipinski definition) is 4. The number of unbranched alkanes of at least 4 members (excludes halogenated alkanes) is 1. The van der Waals surface area contributed by atoms with Gasteiger partial charge in [-0.15, -0.1) is 23.2 Å². The Morgan fingerprint density at radius 2 is 2.00 bits per heavy atom.